The predicted molar refractivity (Wildman–Crippen MR) is 67.6 cm³/mol. The first-order valence-electron chi connectivity index (χ1n) is 5.63. The number of hydrogen-bond donors (Lipinski definition) is 1. The van der Waals surface area contributed by atoms with E-state index in [1.54, 1.807) is 0 Å². The van der Waals surface area contributed by atoms with Crippen LogP contribution in [-0.4, -0.2) is 38.1 Å². The first-order chi connectivity index (χ1) is 9.10. The number of nitrogens with zero attached hydrogens (tertiary/aromatic N) is 5. The van der Waals surface area contributed by atoms with Gasteiger partial charge in [0.25, 0.3) is 0 Å². The molecule has 2 aromatic heterocycles. The quantitative estimate of drug-likeness (QED) is 0.857. The molecule has 0 aliphatic rings. The molecule has 0 saturated carbocycles. The summed E-state index contributed by atoms with van der Waals surface area (Å²) in [6.07, 6.45) is 2.96. The zero-order valence-corrected chi connectivity index (χ0v) is 10.9. The van der Waals surface area contributed by atoms with Gasteiger partial charge in [-0.15, -0.1) is 0 Å². The molecule has 2 aromatic rings. The van der Waals surface area contributed by atoms with E-state index < -0.39 is 0 Å². The SMILES string of the molecule is COc1nccnc1-c1nc(N)nc(OC(C)C)n1. The standard InChI is InChI=1S/C11H14N6O2/c1-6(2)19-11-16-8(15-10(12)17-11)7-9(18-3)14-5-4-13-7/h4-6H,1-3H3,(H2,12,15,16,17). The van der Waals surface area contributed by atoms with Gasteiger partial charge in [-0.3, -0.25) is 0 Å². The molecular formula is C11H14N6O2. The normalized spacial score (nSPS) is 10.5. The summed E-state index contributed by atoms with van der Waals surface area (Å²) in [5.41, 5.74) is 6.01. The molecule has 19 heavy (non-hydrogen) atoms. The molecule has 0 aliphatic carbocycles. The summed E-state index contributed by atoms with van der Waals surface area (Å²) in [6.45, 7) is 3.73. The fourth-order valence-corrected chi connectivity index (χ4v) is 1.37. The summed E-state index contributed by atoms with van der Waals surface area (Å²) < 4.78 is 10.5. The largest absolute Gasteiger partial charge is 0.479 e. The summed E-state index contributed by atoms with van der Waals surface area (Å²) >= 11 is 0. The molecule has 0 spiro atoms. The van der Waals surface area contributed by atoms with Crippen LogP contribution in [0.1, 0.15) is 13.8 Å². The van der Waals surface area contributed by atoms with E-state index in [4.69, 9.17) is 15.2 Å². The van der Waals surface area contributed by atoms with E-state index in [2.05, 4.69) is 24.9 Å². The number of nitrogen functional groups attached to an aromatic ring is 1. The molecule has 0 unspecified atom stereocenters. The van der Waals surface area contributed by atoms with E-state index >= 15 is 0 Å². The van der Waals surface area contributed by atoms with Gasteiger partial charge in [-0.25, -0.2) is 9.97 Å². The number of anilines is 1. The lowest BCUT2D eigenvalue weighted by molar-refractivity contribution is 0.222. The third kappa shape index (κ3) is 3.03. The maximum absolute atomic E-state index is 5.63. The van der Waals surface area contributed by atoms with Crippen LogP contribution >= 0.6 is 0 Å². The Morgan fingerprint density at radius 3 is 2.53 bits per heavy atom. The van der Waals surface area contributed by atoms with Crippen molar-refractivity contribution in [2.75, 3.05) is 12.8 Å². The molecule has 0 fully saturated rings. The van der Waals surface area contributed by atoms with Gasteiger partial charge in [0.1, 0.15) is 0 Å². The Hall–Kier alpha value is -2.51. The topological polar surface area (TPSA) is 109 Å². The van der Waals surface area contributed by atoms with E-state index in [0.717, 1.165) is 0 Å². The van der Waals surface area contributed by atoms with Gasteiger partial charge >= 0.3 is 6.01 Å². The van der Waals surface area contributed by atoms with Crippen LogP contribution in [0.15, 0.2) is 12.4 Å². The van der Waals surface area contributed by atoms with E-state index in [1.807, 2.05) is 13.8 Å². The van der Waals surface area contributed by atoms with Gasteiger partial charge in [0.05, 0.1) is 13.2 Å². The molecule has 8 nitrogen and oxygen atoms in total. The number of nitrogens with two attached hydrogens (primary N) is 1. The van der Waals surface area contributed by atoms with Crippen LogP contribution in [0.2, 0.25) is 0 Å². The molecule has 100 valence electrons. The van der Waals surface area contributed by atoms with Crippen LogP contribution in [-0.2, 0) is 0 Å². The molecule has 2 N–H and O–H groups in total. The zero-order chi connectivity index (χ0) is 13.8. The molecule has 0 bridgehead atoms. The summed E-state index contributed by atoms with van der Waals surface area (Å²) in [4.78, 5) is 20.2. The molecule has 8 heteroatoms. The fraction of sp³-hybridized carbons (Fsp3) is 0.364. The molecule has 0 aliphatic heterocycles. The lowest BCUT2D eigenvalue weighted by Gasteiger charge is -2.09. The highest BCUT2D eigenvalue weighted by Gasteiger charge is 2.15. The van der Waals surface area contributed by atoms with E-state index in [1.165, 1.54) is 19.5 Å². The van der Waals surface area contributed by atoms with Gasteiger partial charge in [-0.2, -0.15) is 15.0 Å². The highest BCUT2D eigenvalue weighted by atomic mass is 16.5. The number of aromatic nitrogens is 5. The van der Waals surface area contributed by atoms with Gasteiger partial charge in [-0.1, -0.05) is 0 Å². The Bertz CT molecular complexity index is 575. The fourth-order valence-electron chi connectivity index (χ4n) is 1.37. The number of methoxy groups -OCH3 is 1. The van der Waals surface area contributed by atoms with Crippen LogP contribution < -0.4 is 15.2 Å². The molecule has 0 aromatic carbocycles. The maximum Gasteiger partial charge on any atom is 0.322 e. The van der Waals surface area contributed by atoms with Crippen molar-refractivity contribution in [2.24, 2.45) is 0 Å². The lowest BCUT2D eigenvalue weighted by atomic mass is 10.4. The summed E-state index contributed by atoms with van der Waals surface area (Å²) in [7, 11) is 1.49. The maximum atomic E-state index is 5.63. The number of ether oxygens (including phenoxy) is 2. The second-order valence-corrected chi connectivity index (χ2v) is 3.88. The Kier molecular flexibility index (Phi) is 3.69. The van der Waals surface area contributed by atoms with Crippen LogP contribution in [0.5, 0.6) is 11.9 Å². The van der Waals surface area contributed by atoms with Crippen molar-refractivity contribution in [3.8, 4) is 23.4 Å². The Morgan fingerprint density at radius 2 is 1.84 bits per heavy atom. The summed E-state index contributed by atoms with van der Waals surface area (Å²) in [5, 5.41) is 0. The molecule has 0 atom stereocenters. The third-order valence-corrected chi connectivity index (χ3v) is 2.04. The molecular weight excluding hydrogens is 248 g/mol. The Balaban J connectivity index is 2.47. The van der Waals surface area contributed by atoms with Crippen LogP contribution in [0.4, 0.5) is 5.95 Å². The number of hydrogen-bond acceptors (Lipinski definition) is 8. The van der Waals surface area contributed by atoms with Crippen molar-refractivity contribution >= 4 is 5.95 Å². The van der Waals surface area contributed by atoms with E-state index in [-0.39, 0.29) is 23.9 Å². The van der Waals surface area contributed by atoms with Crippen molar-refractivity contribution in [3.63, 3.8) is 0 Å². The summed E-state index contributed by atoms with van der Waals surface area (Å²) in [5.74, 6) is 0.616. The number of rotatable bonds is 4. The van der Waals surface area contributed by atoms with Crippen molar-refractivity contribution < 1.29 is 9.47 Å². The predicted octanol–water partition coefficient (Wildman–Crippen LogP) is 0.707. The molecule has 0 radical (unpaired) electrons. The molecule has 0 amide bonds. The van der Waals surface area contributed by atoms with E-state index in [9.17, 15) is 0 Å². The highest BCUT2D eigenvalue weighted by molar-refractivity contribution is 5.56. The molecule has 0 saturated heterocycles. The first kappa shape index (κ1) is 12.9. The minimum Gasteiger partial charge on any atom is -0.479 e. The second-order valence-electron chi connectivity index (χ2n) is 3.88. The lowest BCUT2D eigenvalue weighted by Crippen LogP contribution is -2.11. The Morgan fingerprint density at radius 1 is 1.11 bits per heavy atom. The monoisotopic (exact) mass is 262 g/mol. The zero-order valence-electron chi connectivity index (χ0n) is 10.9. The minimum atomic E-state index is -0.0709. The highest BCUT2D eigenvalue weighted by Crippen LogP contribution is 2.23. The van der Waals surface area contributed by atoms with Crippen molar-refractivity contribution in [2.45, 2.75) is 20.0 Å². The van der Waals surface area contributed by atoms with Crippen LogP contribution in [0.3, 0.4) is 0 Å². The van der Waals surface area contributed by atoms with E-state index in [0.29, 0.717) is 11.6 Å². The van der Waals surface area contributed by atoms with Gasteiger partial charge in [-0.05, 0) is 13.8 Å². The van der Waals surface area contributed by atoms with Crippen molar-refractivity contribution in [1.82, 2.24) is 24.9 Å². The molecule has 2 rings (SSSR count). The van der Waals surface area contributed by atoms with Gasteiger partial charge < -0.3 is 15.2 Å². The van der Waals surface area contributed by atoms with Crippen LogP contribution in [0.25, 0.3) is 11.5 Å². The second kappa shape index (κ2) is 5.42. The Labute approximate surface area is 110 Å². The minimum absolute atomic E-state index is 0.0494. The average molecular weight is 262 g/mol. The smallest absolute Gasteiger partial charge is 0.322 e. The van der Waals surface area contributed by atoms with Crippen molar-refractivity contribution in [3.05, 3.63) is 12.4 Å². The van der Waals surface area contributed by atoms with Gasteiger partial charge in [0.15, 0.2) is 11.5 Å². The van der Waals surface area contributed by atoms with Crippen LogP contribution in [0, 0.1) is 0 Å². The van der Waals surface area contributed by atoms with Gasteiger partial charge in [0, 0.05) is 12.4 Å². The molecule has 2 heterocycles. The third-order valence-electron chi connectivity index (χ3n) is 2.04. The first-order valence-corrected chi connectivity index (χ1v) is 5.63. The van der Waals surface area contributed by atoms with Crippen molar-refractivity contribution in [1.29, 1.82) is 0 Å². The summed E-state index contributed by atoms with van der Waals surface area (Å²) in [6, 6.07) is 0.144. The average Bonchev–Trinajstić information content (AvgIpc) is 2.37. The van der Waals surface area contributed by atoms with Gasteiger partial charge in [0.2, 0.25) is 11.8 Å².